The van der Waals surface area contributed by atoms with Gasteiger partial charge in [-0.1, -0.05) is 5.16 Å². The standard InChI is InChI=1S/C13H23N3O2/c1-9(2)16(10(3)4)7-6-14-13(17)12-8-11(5)15-18-12/h8-10H,6-7H2,1-5H3,(H,14,17). The van der Waals surface area contributed by atoms with E-state index in [1.165, 1.54) is 0 Å². The molecule has 0 spiro atoms. The van der Waals surface area contributed by atoms with Crippen LogP contribution in [0.25, 0.3) is 0 Å². The molecule has 0 aliphatic carbocycles. The lowest BCUT2D eigenvalue weighted by Crippen LogP contribution is -2.42. The molecule has 1 N–H and O–H groups in total. The highest BCUT2D eigenvalue weighted by molar-refractivity contribution is 5.91. The van der Waals surface area contributed by atoms with E-state index < -0.39 is 0 Å². The van der Waals surface area contributed by atoms with Gasteiger partial charge in [0.15, 0.2) is 0 Å². The molecular weight excluding hydrogens is 230 g/mol. The van der Waals surface area contributed by atoms with Gasteiger partial charge in [0.05, 0.1) is 5.69 Å². The zero-order chi connectivity index (χ0) is 13.7. The predicted octanol–water partition coefficient (Wildman–Crippen LogP) is 1.83. The monoisotopic (exact) mass is 253 g/mol. The molecule has 0 atom stereocenters. The van der Waals surface area contributed by atoms with Crippen molar-refractivity contribution < 1.29 is 9.32 Å². The quantitative estimate of drug-likeness (QED) is 0.840. The number of carbonyl (C=O) groups excluding carboxylic acids is 1. The molecular formula is C13H23N3O2. The van der Waals surface area contributed by atoms with Crippen LogP contribution in [0, 0.1) is 6.92 Å². The maximum Gasteiger partial charge on any atom is 0.289 e. The number of hydrogen-bond acceptors (Lipinski definition) is 4. The highest BCUT2D eigenvalue weighted by Gasteiger charge is 2.15. The Morgan fingerprint density at radius 3 is 2.44 bits per heavy atom. The van der Waals surface area contributed by atoms with Crippen LogP contribution in [0.15, 0.2) is 10.6 Å². The van der Waals surface area contributed by atoms with Crippen LogP contribution in [0.3, 0.4) is 0 Å². The van der Waals surface area contributed by atoms with Crippen molar-refractivity contribution in [2.45, 2.75) is 46.7 Å². The summed E-state index contributed by atoms with van der Waals surface area (Å²) < 4.78 is 4.90. The van der Waals surface area contributed by atoms with Gasteiger partial charge in [0.1, 0.15) is 0 Å². The maximum absolute atomic E-state index is 11.7. The molecule has 0 saturated heterocycles. The minimum absolute atomic E-state index is 0.205. The number of aromatic nitrogens is 1. The average molecular weight is 253 g/mol. The normalized spacial score (nSPS) is 11.6. The van der Waals surface area contributed by atoms with E-state index in [4.69, 9.17) is 4.52 Å². The van der Waals surface area contributed by atoms with Gasteiger partial charge in [-0.3, -0.25) is 9.69 Å². The Morgan fingerprint density at radius 1 is 1.39 bits per heavy atom. The number of carbonyl (C=O) groups is 1. The van der Waals surface area contributed by atoms with Crippen molar-refractivity contribution in [1.29, 1.82) is 0 Å². The third-order valence-electron chi connectivity index (χ3n) is 2.83. The molecule has 1 aromatic heterocycles. The molecule has 1 heterocycles. The summed E-state index contributed by atoms with van der Waals surface area (Å²) in [5.74, 6) is 0.0659. The summed E-state index contributed by atoms with van der Waals surface area (Å²) in [6, 6.07) is 2.57. The van der Waals surface area contributed by atoms with Crippen molar-refractivity contribution in [1.82, 2.24) is 15.4 Å². The lowest BCUT2D eigenvalue weighted by atomic mass is 10.2. The first-order valence-electron chi connectivity index (χ1n) is 6.39. The summed E-state index contributed by atoms with van der Waals surface area (Å²) in [6.45, 7) is 11.8. The van der Waals surface area contributed by atoms with Crippen LogP contribution in [0.1, 0.15) is 43.9 Å². The molecule has 1 aromatic rings. The number of nitrogens with one attached hydrogen (secondary N) is 1. The smallest absolute Gasteiger partial charge is 0.289 e. The third kappa shape index (κ3) is 4.14. The number of nitrogens with zero attached hydrogens (tertiary/aromatic N) is 2. The summed E-state index contributed by atoms with van der Waals surface area (Å²) >= 11 is 0. The van der Waals surface area contributed by atoms with Crippen LogP contribution in [-0.2, 0) is 0 Å². The van der Waals surface area contributed by atoms with Gasteiger partial charge in [0.2, 0.25) is 5.76 Å². The maximum atomic E-state index is 11.7. The van der Waals surface area contributed by atoms with Gasteiger partial charge in [-0.05, 0) is 34.6 Å². The molecule has 0 radical (unpaired) electrons. The van der Waals surface area contributed by atoms with Crippen LogP contribution < -0.4 is 5.32 Å². The molecule has 0 aromatic carbocycles. The second-order valence-corrected chi connectivity index (χ2v) is 5.01. The molecule has 0 aliphatic heterocycles. The molecule has 5 nitrogen and oxygen atoms in total. The van der Waals surface area contributed by atoms with E-state index in [0.29, 0.717) is 24.3 Å². The van der Waals surface area contributed by atoms with Gasteiger partial charge in [-0.25, -0.2) is 0 Å². The average Bonchev–Trinajstić information content (AvgIpc) is 2.69. The van der Waals surface area contributed by atoms with E-state index in [1.54, 1.807) is 13.0 Å². The van der Waals surface area contributed by atoms with Gasteiger partial charge in [0.25, 0.3) is 5.91 Å². The van der Waals surface area contributed by atoms with Crippen molar-refractivity contribution in [3.05, 3.63) is 17.5 Å². The summed E-state index contributed by atoms with van der Waals surface area (Å²) in [7, 11) is 0. The Labute approximate surface area is 109 Å². The Hall–Kier alpha value is -1.36. The molecule has 0 bridgehead atoms. The largest absolute Gasteiger partial charge is 0.351 e. The zero-order valence-electron chi connectivity index (χ0n) is 11.9. The Kier molecular flexibility index (Phi) is 5.34. The van der Waals surface area contributed by atoms with E-state index in [2.05, 4.69) is 43.1 Å². The number of aryl methyl sites for hydroxylation is 1. The summed E-state index contributed by atoms with van der Waals surface area (Å²) in [4.78, 5) is 14.0. The van der Waals surface area contributed by atoms with Crippen molar-refractivity contribution in [2.24, 2.45) is 0 Å². The second-order valence-electron chi connectivity index (χ2n) is 5.01. The molecule has 5 heteroatoms. The van der Waals surface area contributed by atoms with Crippen molar-refractivity contribution in [2.75, 3.05) is 13.1 Å². The van der Waals surface area contributed by atoms with Crippen molar-refractivity contribution in [3.8, 4) is 0 Å². The topological polar surface area (TPSA) is 58.4 Å². The summed E-state index contributed by atoms with van der Waals surface area (Å²) in [5.41, 5.74) is 0.714. The highest BCUT2D eigenvalue weighted by Crippen LogP contribution is 2.04. The van der Waals surface area contributed by atoms with Gasteiger partial charge < -0.3 is 9.84 Å². The minimum atomic E-state index is -0.205. The second kappa shape index (κ2) is 6.54. The van der Waals surface area contributed by atoms with E-state index in [-0.39, 0.29) is 11.7 Å². The van der Waals surface area contributed by atoms with Crippen LogP contribution >= 0.6 is 0 Å². The van der Waals surface area contributed by atoms with E-state index in [1.807, 2.05) is 0 Å². The third-order valence-corrected chi connectivity index (χ3v) is 2.83. The van der Waals surface area contributed by atoms with E-state index in [0.717, 1.165) is 6.54 Å². The number of rotatable bonds is 6. The van der Waals surface area contributed by atoms with Gasteiger partial charge >= 0.3 is 0 Å². The zero-order valence-corrected chi connectivity index (χ0v) is 11.9. The lowest BCUT2D eigenvalue weighted by Gasteiger charge is -2.30. The first-order valence-corrected chi connectivity index (χ1v) is 6.39. The fraction of sp³-hybridized carbons (Fsp3) is 0.692. The van der Waals surface area contributed by atoms with Crippen LogP contribution in [0.5, 0.6) is 0 Å². The SMILES string of the molecule is Cc1cc(C(=O)NCCN(C(C)C)C(C)C)on1. The Morgan fingerprint density at radius 2 is 2.00 bits per heavy atom. The fourth-order valence-corrected chi connectivity index (χ4v) is 1.97. The minimum Gasteiger partial charge on any atom is -0.351 e. The molecule has 102 valence electrons. The molecule has 1 rings (SSSR count). The number of hydrogen-bond donors (Lipinski definition) is 1. The first-order chi connectivity index (χ1) is 8.41. The lowest BCUT2D eigenvalue weighted by molar-refractivity contribution is 0.0903. The Balaban J connectivity index is 2.39. The Bertz CT molecular complexity index is 377. The predicted molar refractivity (Wildman–Crippen MR) is 70.6 cm³/mol. The van der Waals surface area contributed by atoms with Gasteiger partial charge in [-0.2, -0.15) is 0 Å². The van der Waals surface area contributed by atoms with E-state index in [9.17, 15) is 4.79 Å². The van der Waals surface area contributed by atoms with Crippen LogP contribution in [0.2, 0.25) is 0 Å². The molecule has 0 unspecified atom stereocenters. The summed E-state index contributed by atoms with van der Waals surface area (Å²) in [5, 5.41) is 6.53. The molecule has 0 fully saturated rings. The molecule has 1 amide bonds. The molecule has 0 aliphatic rings. The van der Waals surface area contributed by atoms with Crippen molar-refractivity contribution in [3.63, 3.8) is 0 Å². The fourth-order valence-electron chi connectivity index (χ4n) is 1.97. The highest BCUT2D eigenvalue weighted by atomic mass is 16.5. The first kappa shape index (κ1) is 14.7. The summed E-state index contributed by atoms with van der Waals surface area (Å²) in [6.07, 6.45) is 0. The number of amides is 1. The molecule has 18 heavy (non-hydrogen) atoms. The van der Waals surface area contributed by atoms with Crippen molar-refractivity contribution >= 4 is 5.91 Å². The van der Waals surface area contributed by atoms with E-state index >= 15 is 0 Å². The van der Waals surface area contributed by atoms with Gasteiger partial charge in [-0.15, -0.1) is 0 Å². The van der Waals surface area contributed by atoms with Crippen LogP contribution in [0.4, 0.5) is 0 Å². The van der Waals surface area contributed by atoms with Crippen LogP contribution in [-0.4, -0.2) is 41.1 Å². The van der Waals surface area contributed by atoms with Gasteiger partial charge in [0, 0.05) is 31.2 Å². The molecule has 0 saturated carbocycles.